The second kappa shape index (κ2) is 10.9. The summed E-state index contributed by atoms with van der Waals surface area (Å²) in [6.07, 6.45) is 1.60. The maximum Gasteiger partial charge on any atom is 0.253 e. The SMILES string of the molecule is CCN(Cc1ccc(C(=O)N2CCN(S(=O)(=O)/C=C/c3ccccc3)CC2)cc1)C(C)C. The van der Waals surface area contributed by atoms with Crippen molar-refractivity contribution in [3.05, 3.63) is 76.7 Å². The first-order valence-corrected chi connectivity index (χ1v) is 12.7. The Morgan fingerprint density at radius 2 is 1.62 bits per heavy atom. The van der Waals surface area contributed by atoms with Gasteiger partial charge in [0.2, 0.25) is 10.0 Å². The van der Waals surface area contributed by atoms with Crippen molar-refractivity contribution in [1.29, 1.82) is 0 Å². The second-order valence-corrected chi connectivity index (χ2v) is 10.1. The minimum absolute atomic E-state index is 0.0513. The average Bonchev–Trinajstić information content (AvgIpc) is 2.82. The fourth-order valence-corrected chi connectivity index (χ4v) is 4.96. The summed E-state index contributed by atoms with van der Waals surface area (Å²) in [5.41, 5.74) is 2.66. The minimum Gasteiger partial charge on any atom is -0.336 e. The van der Waals surface area contributed by atoms with Crippen LogP contribution in [-0.2, 0) is 16.6 Å². The van der Waals surface area contributed by atoms with Crippen LogP contribution in [0.4, 0.5) is 0 Å². The fraction of sp³-hybridized carbons (Fsp3) is 0.400. The predicted molar refractivity (Wildman–Crippen MR) is 130 cm³/mol. The zero-order chi connectivity index (χ0) is 23.1. The minimum atomic E-state index is -3.51. The monoisotopic (exact) mass is 455 g/mol. The van der Waals surface area contributed by atoms with Crippen molar-refractivity contribution in [3.63, 3.8) is 0 Å². The van der Waals surface area contributed by atoms with E-state index in [1.54, 1.807) is 11.0 Å². The Labute approximate surface area is 192 Å². The van der Waals surface area contributed by atoms with Crippen molar-refractivity contribution in [2.75, 3.05) is 32.7 Å². The number of nitrogens with zero attached hydrogens (tertiary/aromatic N) is 3. The maximum atomic E-state index is 12.9. The molecule has 0 bridgehead atoms. The quantitative estimate of drug-likeness (QED) is 0.609. The van der Waals surface area contributed by atoms with Gasteiger partial charge in [0, 0.05) is 49.7 Å². The van der Waals surface area contributed by atoms with Gasteiger partial charge in [-0.2, -0.15) is 4.31 Å². The van der Waals surface area contributed by atoms with Crippen molar-refractivity contribution in [2.24, 2.45) is 0 Å². The van der Waals surface area contributed by atoms with Gasteiger partial charge < -0.3 is 4.90 Å². The molecule has 1 amide bonds. The van der Waals surface area contributed by atoms with E-state index in [2.05, 4.69) is 25.7 Å². The van der Waals surface area contributed by atoms with E-state index >= 15 is 0 Å². The standard InChI is InChI=1S/C25H33N3O3S/c1-4-26(21(2)3)20-23-10-12-24(13-11-23)25(29)27-15-17-28(18-16-27)32(30,31)19-14-22-8-6-5-7-9-22/h5-14,19,21H,4,15-18,20H2,1-3H3/b19-14+. The highest BCUT2D eigenvalue weighted by atomic mass is 32.2. The van der Waals surface area contributed by atoms with E-state index in [0.717, 1.165) is 18.7 Å². The van der Waals surface area contributed by atoms with Crippen molar-refractivity contribution >= 4 is 22.0 Å². The fourth-order valence-electron chi connectivity index (χ4n) is 3.79. The summed E-state index contributed by atoms with van der Waals surface area (Å²) in [5.74, 6) is -0.0513. The lowest BCUT2D eigenvalue weighted by Gasteiger charge is -2.33. The summed E-state index contributed by atoms with van der Waals surface area (Å²) >= 11 is 0. The number of hydrogen-bond acceptors (Lipinski definition) is 4. The Balaban J connectivity index is 1.56. The van der Waals surface area contributed by atoms with E-state index in [1.165, 1.54) is 15.3 Å². The summed E-state index contributed by atoms with van der Waals surface area (Å²) in [6.45, 7) is 9.70. The first-order chi connectivity index (χ1) is 15.3. The van der Waals surface area contributed by atoms with Crippen LogP contribution in [0.5, 0.6) is 0 Å². The molecule has 1 aliphatic heterocycles. The number of piperazine rings is 1. The van der Waals surface area contributed by atoms with E-state index in [1.807, 2.05) is 54.6 Å². The zero-order valence-corrected chi connectivity index (χ0v) is 20.0. The maximum absolute atomic E-state index is 12.9. The van der Waals surface area contributed by atoms with Gasteiger partial charge in [-0.1, -0.05) is 49.4 Å². The highest BCUT2D eigenvalue weighted by Gasteiger charge is 2.27. The molecule has 0 unspecified atom stereocenters. The van der Waals surface area contributed by atoms with Crippen LogP contribution in [0.25, 0.3) is 6.08 Å². The van der Waals surface area contributed by atoms with E-state index in [4.69, 9.17) is 0 Å². The van der Waals surface area contributed by atoms with Crippen LogP contribution >= 0.6 is 0 Å². The predicted octanol–water partition coefficient (Wildman–Crippen LogP) is 3.68. The lowest BCUT2D eigenvalue weighted by molar-refractivity contribution is 0.0698. The Bertz CT molecular complexity index is 1010. The highest BCUT2D eigenvalue weighted by molar-refractivity contribution is 7.92. The number of carbonyl (C=O) groups excluding carboxylic acids is 1. The van der Waals surface area contributed by atoms with Crippen LogP contribution in [-0.4, -0.2) is 67.2 Å². The molecule has 0 spiro atoms. The molecule has 1 aliphatic rings. The second-order valence-electron chi connectivity index (χ2n) is 8.30. The molecular formula is C25H33N3O3S. The molecule has 0 saturated carbocycles. The lowest BCUT2D eigenvalue weighted by Crippen LogP contribution is -2.50. The smallest absolute Gasteiger partial charge is 0.253 e. The van der Waals surface area contributed by atoms with Crippen molar-refractivity contribution in [3.8, 4) is 0 Å². The van der Waals surface area contributed by atoms with Crippen LogP contribution < -0.4 is 0 Å². The summed E-state index contributed by atoms with van der Waals surface area (Å²) in [6, 6.07) is 17.6. The molecule has 0 radical (unpaired) electrons. The first kappa shape index (κ1) is 24.2. The molecule has 0 N–H and O–H groups in total. The molecule has 1 fully saturated rings. The van der Waals surface area contributed by atoms with Gasteiger partial charge in [-0.05, 0) is 49.7 Å². The number of hydrogen-bond donors (Lipinski definition) is 0. The topological polar surface area (TPSA) is 60.9 Å². The molecule has 0 atom stereocenters. The van der Waals surface area contributed by atoms with Crippen LogP contribution in [0.15, 0.2) is 60.0 Å². The first-order valence-electron chi connectivity index (χ1n) is 11.2. The number of sulfonamides is 1. The van der Waals surface area contributed by atoms with E-state index in [0.29, 0.717) is 37.8 Å². The van der Waals surface area contributed by atoms with Crippen LogP contribution in [0.1, 0.15) is 42.3 Å². The molecule has 2 aromatic rings. The number of amides is 1. The Morgan fingerprint density at radius 1 is 1.00 bits per heavy atom. The average molecular weight is 456 g/mol. The molecule has 1 heterocycles. The largest absolute Gasteiger partial charge is 0.336 e. The number of benzene rings is 2. The normalized spacial score (nSPS) is 15.7. The molecule has 3 rings (SSSR count). The van der Waals surface area contributed by atoms with Crippen LogP contribution in [0, 0.1) is 0 Å². The molecule has 172 valence electrons. The molecule has 2 aromatic carbocycles. The van der Waals surface area contributed by atoms with Gasteiger partial charge >= 0.3 is 0 Å². The lowest BCUT2D eigenvalue weighted by atomic mass is 10.1. The van der Waals surface area contributed by atoms with E-state index in [9.17, 15) is 13.2 Å². The van der Waals surface area contributed by atoms with Gasteiger partial charge in [0.1, 0.15) is 0 Å². The third kappa shape index (κ3) is 6.28. The molecule has 1 saturated heterocycles. The molecule has 7 heteroatoms. The molecule has 6 nitrogen and oxygen atoms in total. The summed E-state index contributed by atoms with van der Waals surface area (Å²) < 4.78 is 26.7. The summed E-state index contributed by atoms with van der Waals surface area (Å²) in [4.78, 5) is 17.0. The number of rotatable bonds is 8. The van der Waals surface area contributed by atoms with Gasteiger partial charge in [-0.15, -0.1) is 0 Å². The Kier molecular flexibility index (Phi) is 8.23. The molecular weight excluding hydrogens is 422 g/mol. The van der Waals surface area contributed by atoms with Gasteiger partial charge in [0.05, 0.1) is 0 Å². The van der Waals surface area contributed by atoms with Gasteiger partial charge in [0.25, 0.3) is 5.91 Å². The third-order valence-corrected chi connectivity index (χ3v) is 7.41. The summed E-state index contributed by atoms with van der Waals surface area (Å²) in [7, 11) is -3.51. The van der Waals surface area contributed by atoms with Crippen LogP contribution in [0.2, 0.25) is 0 Å². The number of carbonyl (C=O) groups is 1. The third-order valence-electron chi connectivity index (χ3n) is 5.84. The van der Waals surface area contributed by atoms with Crippen molar-refractivity contribution in [1.82, 2.24) is 14.1 Å². The Hall–Kier alpha value is -2.48. The van der Waals surface area contributed by atoms with Crippen molar-refractivity contribution in [2.45, 2.75) is 33.4 Å². The summed E-state index contributed by atoms with van der Waals surface area (Å²) in [5, 5.41) is 1.25. The van der Waals surface area contributed by atoms with E-state index < -0.39 is 10.0 Å². The molecule has 0 aromatic heterocycles. The molecule has 32 heavy (non-hydrogen) atoms. The molecule has 0 aliphatic carbocycles. The van der Waals surface area contributed by atoms with Gasteiger partial charge in [-0.3, -0.25) is 9.69 Å². The van der Waals surface area contributed by atoms with Crippen molar-refractivity contribution < 1.29 is 13.2 Å². The van der Waals surface area contributed by atoms with Gasteiger partial charge in [0.15, 0.2) is 0 Å². The Morgan fingerprint density at radius 3 is 2.19 bits per heavy atom. The highest BCUT2D eigenvalue weighted by Crippen LogP contribution is 2.15. The van der Waals surface area contributed by atoms with E-state index in [-0.39, 0.29) is 5.91 Å². The van der Waals surface area contributed by atoms with Gasteiger partial charge in [-0.25, -0.2) is 8.42 Å². The zero-order valence-electron chi connectivity index (χ0n) is 19.1. The van der Waals surface area contributed by atoms with Crippen LogP contribution in [0.3, 0.4) is 0 Å².